The predicted octanol–water partition coefficient (Wildman–Crippen LogP) is 1.94. The number of rotatable bonds is 5. The molecule has 1 aromatic rings. The first-order valence-electron chi connectivity index (χ1n) is 7.64. The standard InChI is InChI=1S/C16H25N3O/c1-16(2)12-19(7-8-20-16)11-15-4-3-13(10-18-15)9-17-14-5-6-14/h3-4,10,14,17H,5-9,11-12H2,1-2H3. The normalized spacial score (nSPS) is 22.9. The Morgan fingerprint density at radius 2 is 2.25 bits per heavy atom. The van der Waals surface area contributed by atoms with Crippen LogP contribution in [0.15, 0.2) is 18.3 Å². The van der Waals surface area contributed by atoms with E-state index in [9.17, 15) is 0 Å². The molecule has 2 aliphatic rings. The molecule has 1 aliphatic heterocycles. The average molecular weight is 275 g/mol. The number of aromatic nitrogens is 1. The molecule has 2 heterocycles. The van der Waals surface area contributed by atoms with Gasteiger partial charge in [-0.2, -0.15) is 0 Å². The fraction of sp³-hybridized carbons (Fsp3) is 0.688. The van der Waals surface area contributed by atoms with Crippen LogP contribution in [0.2, 0.25) is 0 Å². The first-order valence-corrected chi connectivity index (χ1v) is 7.64. The van der Waals surface area contributed by atoms with Crippen LogP contribution < -0.4 is 5.32 Å². The topological polar surface area (TPSA) is 37.4 Å². The molecule has 1 saturated heterocycles. The molecule has 0 unspecified atom stereocenters. The van der Waals surface area contributed by atoms with Crippen LogP contribution >= 0.6 is 0 Å². The molecule has 1 aromatic heterocycles. The molecular formula is C16H25N3O. The number of pyridine rings is 1. The van der Waals surface area contributed by atoms with Crippen molar-refractivity contribution in [2.45, 2.75) is 51.4 Å². The van der Waals surface area contributed by atoms with Crippen molar-refractivity contribution < 1.29 is 4.74 Å². The maximum atomic E-state index is 5.74. The van der Waals surface area contributed by atoms with E-state index < -0.39 is 0 Å². The Hall–Kier alpha value is -0.970. The molecule has 1 N–H and O–H groups in total. The fourth-order valence-electron chi connectivity index (χ4n) is 2.68. The Morgan fingerprint density at radius 1 is 1.40 bits per heavy atom. The van der Waals surface area contributed by atoms with E-state index in [0.29, 0.717) is 0 Å². The Morgan fingerprint density at radius 3 is 2.90 bits per heavy atom. The van der Waals surface area contributed by atoms with Crippen LogP contribution in [0.4, 0.5) is 0 Å². The highest BCUT2D eigenvalue weighted by molar-refractivity contribution is 5.14. The average Bonchev–Trinajstić information content (AvgIpc) is 3.21. The van der Waals surface area contributed by atoms with Gasteiger partial charge in [0.2, 0.25) is 0 Å². The first kappa shape index (κ1) is 14.0. The van der Waals surface area contributed by atoms with Crippen molar-refractivity contribution in [3.8, 4) is 0 Å². The van der Waals surface area contributed by atoms with Crippen molar-refractivity contribution in [1.82, 2.24) is 15.2 Å². The van der Waals surface area contributed by atoms with Gasteiger partial charge in [0, 0.05) is 38.4 Å². The van der Waals surface area contributed by atoms with Crippen LogP contribution in [0.25, 0.3) is 0 Å². The third-order valence-corrected chi connectivity index (χ3v) is 3.95. The second-order valence-corrected chi connectivity index (χ2v) is 6.63. The summed E-state index contributed by atoms with van der Waals surface area (Å²) in [4.78, 5) is 7.02. The lowest BCUT2D eigenvalue weighted by Crippen LogP contribution is -2.47. The lowest BCUT2D eigenvalue weighted by Gasteiger charge is -2.37. The summed E-state index contributed by atoms with van der Waals surface area (Å²) < 4.78 is 5.74. The SMILES string of the molecule is CC1(C)CN(Cc2ccc(CNC3CC3)cn2)CCO1. The highest BCUT2D eigenvalue weighted by atomic mass is 16.5. The van der Waals surface area contributed by atoms with Gasteiger partial charge in [-0.05, 0) is 38.3 Å². The Kier molecular flexibility index (Phi) is 4.06. The van der Waals surface area contributed by atoms with Gasteiger partial charge in [-0.3, -0.25) is 9.88 Å². The lowest BCUT2D eigenvalue weighted by atomic mass is 10.1. The van der Waals surface area contributed by atoms with Crippen molar-refractivity contribution >= 4 is 0 Å². The molecule has 0 aromatic carbocycles. The zero-order valence-electron chi connectivity index (χ0n) is 12.6. The highest BCUT2D eigenvalue weighted by Crippen LogP contribution is 2.20. The van der Waals surface area contributed by atoms with E-state index in [-0.39, 0.29) is 5.60 Å². The van der Waals surface area contributed by atoms with Gasteiger partial charge in [0.1, 0.15) is 0 Å². The third kappa shape index (κ3) is 4.01. The quantitative estimate of drug-likeness (QED) is 0.891. The molecule has 1 saturated carbocycles. The smallest absolute Gasteiger partial charge is 0.0753 e. The molecule has 2 fully saturated rings. The Labute approximate surface area is 121 Å². The van der Waals surface area contributed by atoms with Gasteiger partial charge in [-0.25, -0.2) is 0 Å². The predicted molar refractivity (Wildman–Crippen MR) is 79.4 cm³/mol. The second kappa shape index (κ2) is 5.80. The zero-order valence-corrected chi connectivity index (χ0v) is 12.6. The first-order chi connectivity index (χ1) is 9.61. The van der Waals surface area contributed by atoms with Crippen LogP contribution in [-0.2, 0) is 17.8 Å². The molecule has 0 radical (unpaired) electrons. The number of ether oxygens (including phenoxy) is 1. The summed E-state index contributed by atoms with van der Waals surface area (Å²) in [6.07, 6.45) is 4.67. The molecule has 0 atom stereocenters. The number of hydrogen-bond acceptors (Lipinski definition) is 4. The van der Waals surface area contributed by atoms with Gasteiger partial charge >= 0.3 is 0 Å². The van der Waals surface area contributed by atoms with Crippen LogP contribution in [0.1, 0.15) is 37.9 Å². The third-order valence-electron chi connectivity index (χ3n) is 3.95. The minimum atomic E-state index is -0.0353. The zero-order chi connectivity index (χ0) is 14.0. The number of nitrogens with zero attached hydrogens (tertiary/aromatic N) is 2. The Balaban J connectivity index is 1.51. The minimum absolute atomic E-state index is 0.0353. The van der Waals surface area contributed by atoms with E-state index in [1.54, 1.807) is 0 Å². The van der Waals surface area contributed by atoms with Crippen LogP contribution in [0, 0.1) is 0 Å². The van der Waals surface area contributed by atoms with E-state index in [0.717, 1.165) is 44.5 Å². The molecule has 1 aliphatic carbocycles. The van der Waals surface area contributed by atoms with Crippen molar-refractivity contribution in [1.29, 1.82) is 0 Å². The Bertz CT molecular complexity index is 440. The van der Waals surface area contributed by atoms with Gasteiger partial charge in [-0.15, -0.1) is 0 Å². The maximum absolute atomic E-state index is 5.74. The summed E-state index contributed by atoms with van der Waals surface area (Å²) in [6.45, 7) is 8.95. The van der Waals surface area contributed by atoms with Crippen LogP contribution in [-0.4, -0.2) is 41.2 Å². The van der Waals surface area contributed by atoms with Gasteiger partial charge in [-0.1, -0.05) is 6.07 Å². The summed E-state index contributed by atoms with van der Waals surface area (Å²) in [5, 5.41) is 3.52. The largest absolute Gasteiger partial charge is 0.373 e. The van der Waals surface area contributed by atoms with Crippen molar-refractivity contribution in [3.63, 3.8) is 0 Å². The molecule has 0 amide bonds. The summed E-state index contributed by atoms with van der Waals surface area (Å²) in [7, 11) is 0. The maximum Gasteiger partial charge on any atom is 0.0753 e. The summed E-state index contributed by atoms with van der Waals surface area (Å²) in [6, 6.07) is 5.11. The van der Waals surface area contributed by atoms with E-state index in [1.807, 2.05) is 6.20 Å². The van der Waals surface area contributed by atoms with E-state index in [4.69, 9.17) is 4.74 Å². The summed E-state index contributed by atoms with van der Waals surface area (Å²) in [5.41, 5.74) is 2.40. The monoisotopic (exact) mass is 275 g/mol. The van der Waals surface area contributed by atoms with Gasteiger partial charge in [0.05, 0.1) is 17.9 Å². The van der Waals surface area contributed by atoms with Crippen molar-refractivity contribution in [3.05, 3.63) is 29.6 Å². The molecular weight excluding hydrogens is 250 g/mol. The molecule has 20 heavy (non-hydrogen) atoms. The molecule has 0 spiro atoms. The lowest BCUT2D eigenvalue weighted by molar-refractivity contribution is -0.0885. The van der Waals surface area contributed by atoms with Gasteiger partial charge in [0.25, 0.3) is 0 Å². The van der Waals surface area contributed by atoms with Gasteiger partial charge in [0.15, 0.2) is 0 Å². The van der Waals surface area contributed by atoms with Crippen LogP contribution in [0.5, 0.6) is 0 Å². The summed E-state index contributed by atoms with van der Waals surface area (Å²) in [5.74, 6) is 0. The van der Waals surface area contributed by atoms with Crippen LogP contribution in [0.3, 0.4) is 0 Å². The highest BCUT2D eigenvalue weighted by Gasteiger charge is 2.27. The van der Waals surface area contributed by atoms with E-state index >= 15 is 0 Å². The molecule has 4 heteroatoms. The van der Waals surface area contributed by atoms with Gasteiger partial charge < -0.3 is 10.1 Å². The van der Waals surface area contributed by atoms with E-state index in [1.165, 1.54) is 18.4 Å². The number of nitrogens with one attached hydrogen (secondary N) is 1. The molecule has 110 valence electrons. The van der Waals surface area contributed by atoms with Crippen molar-refractivity contribution in [2.75, 3.05) is 19.7 Å². The molecule has 3 rings (SSSR count). The number of morpholine rings is 1. The molecule has 4 nitrogen and oxygen atoms in total. The van der Waals surface area contributed by atoms with E-state index in [2.05, 4.69) is 41.2 Å². The minimum Gasteiger partial charge on any atom is -0.373 e. The van der Waals surface area contributed by atoms with Crippen molar-refractivity contribution in [2.24, 2.45) is 0 Å². The summed E-state index contributed by atoms with van der Waals surface area (Å²) >= 11 is 0. The second-order valence-electron chi connectivity index (χ2n) is 6.63. The number of hydrogen-bond donors (Lipinski definition) is 1. The molecule has 0 bridgehead atoms. The fourth-order valence-corrected chi connectivity index (χ4v) is 2.68.